The number of fused-ring (bicyclic) bond motifs is 1. The van der Waals surface area contributed by atoms with E-state index in [0.29, 0.717) is 34.7 Å². The Morgan fingerprint density at radius 3 is 2.51 bits per heavy atom. The lowest BCUT2D eigenvalue weighted by Gasteiger charge is -2.35. The maximum Gasteiger partial charge on any atom is 0.414 e. The van der Waals surface area contributed by atoms with Gasteiger partial charge in [-0.25, -0.2) is 23.5 Å². The minimum Gasteiger partial charge on any atom is -0.495 e. The zero-order valence-electron chi connectivity index (χ0n) is 25.7. The summed E-state index contributed by atoms with van der Waals surface area (Å²) in [6.45, 7) is 9.70. The van der Waals surface area contributed by atoms with Crippen LogP contribution in [-0.2, 0) is 10.2 Å². The maximum atomic E-state index is 13.2. The van der Waals surface area contributed by atoms with Gasteiger partial charge >= 0.3 is 6.09 Å². The molecule has 0 radical (unpaired) electrons. The van der Waals surface area contributed by atoms with Crippen molar-refractivity contribution in [3.8, 4) is 23.1 Å². The van der Waals surface area contributed by atoms with Gasteiger partial charge in [0.05, 0.1) is 40.3 Å². The number of nitrogens with one attached hydrogen (secondary N) is 2. The summed E-state index contributed by atoms with van der Waals surface area (Å²) in [4.78, 5) is 36.2. The number of amides is 2. The van der Waals surface area contributed by atoms with Crippen molar-refractivity contribution in [2.24, 2.45) is 0 Å². The maximum absolute atomic E-state index is 13.2. The first-order valence-corrected chi connectivity index (χ1v) is 14.6. The van der Waals surface area contributed by atoms with Crippen molar-refractivity contribution in [1.82, 2.24) is 15.3 Å². The highest BCUT2D eigenvalue weighted by Gasteiger charge is 2.46. The van der Waals surface area contributed by atoms with E-state index in [1.165, 1.54) is 24.1 Å². The van der Waals surface area contributed by atoms with Crippen LogP contribution in [-0.4, -0.2) is 53.2 Å². The van der Waals surface area contributed by atoms with Crippen LogP contribution in [0.2, 0.25) is 5.02 Å². The Balaban J connectivity index is 1.43. The Labute approximate surface area is 264 Å². The van der Waals surface area contributed by atoms with Crippen molar-refractivity contribution >= 4 is 40.9 Å². The Morgan fingerprint density at radius 1 is 1.18 bits per heavy atom. The smallest absolute Gasteiger partial charge is 0.414 e. The number of methoxy groups -OCH3 is 1. The van der Waals surface area contributed by atoms with Gasteiger partial charge in [-0.15, -0.1) is 0 Å². The fourth-order valence-electron chi connectivity index (χ4n) is 5.43. The number of alkyl halides is 2. The van der Waals surface area contributed by atoms with Crippen molar-refractivity contribution in [1.29, 1.82) is 5.26 Å². The number of nitriles is 1. The molecule has 2 aliphatic rings. The molecule has 0 spiro atoms. The molecule has 13 heteroatoms. The van der Waals surface area contributed by atoms with Gasteiger partial charge in [-0.3, -0.25) is 9.69 Å². The monoisotopic (exact) mass is 638 g/mol. The molecule has 3 aromatic rings. The topological polar surface area (TPSA) is 129 Å². The first-order valence-electron chi connectivity index (χ1n) is 14.3. The van der Waals surface area contributed by atoms with E-state index < -0.39 is 47.8 Å². The van der Waals surface area contributed by atoms with Gasteiger partial charge in [0, 0.05) is 42.6 Å². The van der Waals surface area contributed by atoms with Crippen LogP contribution in [0.15, 0.2) is 36.5 Å². The minimum absolute atomic E-state index is 0.0760. The van der Waals surface area contributed by atoms with Gasteiger partial charge in [0.1, 0.15) is 17.4 Å². The summed E-state index contributed by atoms with van der Waals surface area (Å²) in [5.74, 6) is -2.91. The summed E-state index contributed by atoms with van der Waals surface area (Å²) in [5.41, 5.74) is 2.06. The van der Waals surface area contributed by atoms with Crippen molar-refractivity contribution < 1.29 is 27.8 Å². The minimum atomic E-state index is -2.77. The van der Waals surface area contributed by atoms with Crippen LogP contribution >= 0.6 is 11.6 Å². The fraction of sp³-hybridized carbons (Fsp3) is 0.406. The van der Waals surface area contributed by atoms with Crippen molar-refractivity contribution in [3.63, 3.8) is 0 Å². The summed E-state index contributed by atoms with van der Waals surface area (Å²) >= 11 is 6.42. The lowest BCUT2D eigenvalue weighted by Crippen LogP contribution is -2.50. The second-order valence-corrected chi connectivity index (χ2v) is 13.2. The third-order valence-electron chi connectivity index (χ3n) is 7.55. The third kappa shape index (κ3) is 6.63. The van der Waals surface area contributed by atoms with Gasteiger partial charge < -0.3 is 20.1 Å². The first-order chi connectivity index (χ1) is 21.0. The molecule has 1 aliphatic heterocycles. The Morgan fingerprint density at radius 2 is 1.89 bits per heavy atom. The molecule has 2 amide bonds. The SMILES string of the molecule is COc1cc(C(=O)NC2CC(F)(F)C2)c(Cl)cc1Nc1nccc(-c2cc(C#N)c3c(c2)C(C)(C)CN3C(=O)OC(C)(C)C)n1. The van der Waals surface area contributed by atoms with Gasteiger partial charge in [0.2, 0.25) is 5.95 Å². The second kappa shape index (κ2) is 11.5. The van der Waals surface area contributed by atoms with Gasteiger partial charge in [-0.2, -0.15) is 5.26 Å². The number of benzene rings is 2. The van der Waals surface area contributed by atoms with Crippen molar-refractivity contribution in [3.05, 3.63) is 58.2 Å². The Kier molecular flexibility index (Phi) is 8.12. The molecule has 10 nitrogen and oxygen atoms in total. The van der Waals surface area contributed by atoms with E-state index in [1.807, 2.05) is 19.9 Å². The van der Waals surface area contributed by atoms with Crippen LogP contribution < -0.4 is 20.3 Å². The van der Waals surface area contributed by atoms with Gasteiger partial charge in [-0.1, -0.05) is 25.4 Å². The molecule has 1 fully saturated rings. The number of rotatable bonds is 6. The van der Waals surface area contributed by atoms with Gasteiger partial charge in [0.25, 0.3) is 11.8 Å². The number of ether oxygens (including phenoxy) is 2. The standard InChI is InChI=1S/C32H33ClF2N6O4/c1-30(2,3)45-29(43)41-16-31(4,5)21-10-17(9-18(15-36)26(21)41)23-7-8-37-28(39-23)40-24-12-22(33)20(11-25(24)44-6)27(42)38-19-13-32(34,35)14-19/h7-12,19H,13-14,16H2,1-6H3,(H,38,42)(H,37,39,40). The highest BCUT2D eigenvalue weighted by Crippen LogP contribution is 2.45. The second-order valence-electron chi connectivity index (χ2n) is 12.8. The summed E-state index contributed by atoms with van der Waals surface area (Å²) in [6, 6.07) is 9.77. The summed E-state index contributed by atoms with van der Waals surface area (Å²) < 4.78 is 37.5. The number of hydrogen-bond donors (Lipinski definition) is 2. The predicted octanol–water partition coefficient (Wildman–Crippen LogP) is 6.98. The highest BCUT2D eigenvalue weighted by molar-refractivity contribution is 6.34. The van der Waals surface area contributed by atoms with Crippen LogP contribution in [0.3, 0.4) is 0 Å². The number of hydrogen-bond acceptors (Lipinski definition) is 8. The van der Waals surface area contributed by atoms with Crippen molar-refractivity contribution in [2.75, 3.05) is 23.9 Å². The van der Waals surface area contributed by atoms with Crippen LogP contribution in [0.1, 0.15) is 68.9 Å². The molecular weight excluding hydrogens is 606 g/mol. The van der Waals surface area contributed by atoms with E-state index in [2.05, 4.69) is 26.7 Å². The van der Waals surface area contributed by atoms with Gasteiger partial charge in [0.15, 0.2) is 0 Å². The van der Waals surface area contributed by atoms with E-state index in [1.54, 1.807) is 39.1 Å². The molecular formula is C32H33ClF2N6O4. The third-order valence-corrected chi connectivity index (χ3v) is 7.87. The quantitative estimate of drug-likeness (QED) is 0.296. The van der Waals surface area contributed by atoms with E-state index >= 15 is 0 Å². The van der Waals surface area contributed by atoms with Crippen LogP contribution in [0.5, 0.6) is 5.75 Å². The largest absolute Gasteiger partial charge is 0.495 e. The number of carbonyl (C=O) groups excluding carboxylic acids is 2. The van der Waals surface area contributed by atoms with Crippen LogP contribution in [0.25, 0.3) is 11.3 Å². The molecule has 0 atom stereocenters. The molecule has 0 bridgehead atoms. The number of carbonyl (C=O) groups is 2. The molecule has 1 aromatic heterocycles. The average Bonchev–Trinajstić information content (AvgIpc) is 3.21. The van der Waals surface area contributed by atoms with Crippen molar-refractivity contribution in [2.45, 2.75) is 70.4 Å². The zero-order valence-corrected chi connectivity index (χ0v) is 26.5. The highest BCUT2D eigenvalue weighted by atomic mass is 35.5. The summed E-state index contributed by atoms with van der Waals surface area (Å²) in [7, 11) is 1.41. The Hall–Kier alpha value is -4.50. The summed E-state index contributed by atoms with van der Waals surface area (Å²) in [5, 5.41) is 15.8. The molecule has 2 aromatic carbocycles. The number of anilines is 3. The molecule has 0 unspecified atom stereocenters. The van der Waals surface area contributed by atoms with E-state index in [9.17, 15) is 23.6 Å². The molecule has 2 N–H and O–H groups in total. The summed E-state index contributed by atoms with van der Waals surface area (Å²) in [6.07, 6.45) is 0.195. The molecule has 2 heterocycles. The average molecular weight is 639 g/mol. The normalized spacial score (nSPS) is 16.7. The van der Waals surface area contributed by atoms with Crippen LogP contribution in [0.4, 0.5) is 30.9 Å². The molecule has 1 saturated carbocycles. The molecule has 0 saturated heterocycles. The first kappa shape index (κ1) is 31.9. The molecule has 236 valence electrons. The van der Waals surface area contributed by atoms with E-state index in [4.69, 9.17) is 21.1 Å². The lowest BCUT2D eigenvalue weighted by atomic mass is 9.85. The van der Waals surface area contributed by atoms with E-state index in [-0.39, 0.29) is 22.3 Å². The molecule has 45 heavy (non-hydrogen) atoms. The van der Waals surface area contributed by atoms with Gasteiger partial charge in [-0.05, 0) is 56.7 Å². The van der Waals surface area contributed by atoms with Crippen LogP contribution in [0, 0.1) is 11.3 Å². The fourth-order valence-corrected chi connectivity index (χ4v) is 5.68. The zero-order chi connectivity index (χ0) is 32.9. The number of nitrogens with zero attached hydrogens (tertiary/aromatic N) is 4. The number of aromatic nitrogens is 2. The predicted molar refractivity (Wildman–Crippen MR) is 166 cm³/mol. The number of halogens is 3. The lowest BCUT2D eigenvalue weighted by molar-refractivity contribution is -0.0901. The van der Waals surface area contributed by atoms with E-state index in [0.717, 1.165) is 5.56 Å². The molecule has 5 rings (SSSR count). The molecule has 1 aliphatic carbocycles. The Bertz CT molecular complexity index is 1730.